The second kappa shape index (κ2) is 13.0. The van der Waals surface area contributed by atoms with Crippen molar-refractivity contribution in [2.45, 2.75) is 19.6 Å². The van der Waals surface area contributed by atoms with Crippen LogP contribution in [0.15, 0.2) is 70.2 Å². The molecule has 0 saturated heterocycles. The number of rotatable bonds is 9. The van der Waals surface area contributed by atoms with Gasteiger partial charge in [-0.05, 0) is 81.3 Å². The van der Waals surface area contributed by atoms with E-state index in [1.165, 1.54) is 13.3 Å². The van der Waals surface area contributed by atoms with Crippen LogP contribution in [-0.4, -0.2) is 31.2 Å². The first-order valence-electron chi connectivity index (χ1n) is 10.7. The van der Waals surface area contributed by atoms with Gasteiger partial charge in [0, 0.05) is 10.0 Å². The fourth-order valence-corrected chi connectivity index (χ4v) is 4.36. The van der Waals surface area contributed by atoms with Crippen molar-refractivity contribution < 1.29 is 19.1 Å². The van der Waals surface area contributed by atoms with E-state index in [9.17, 15) is 14.9 Å². The number of amides is 2. The van der Waals surface area contributed by atoms with Crippen LogP contribution in [0.4, 0.5) is 0 Å². The molecule has 0 heterocycles. The van der Waals surface area contributed by atoms with Gasteiger partial charge in [0.1, 0.15) is 12.6 Å². The van der Waals surface area contributed by atoms with Crippen molar-refractivity contribution in [1.82, 2.24) is 10.7 Å². The van der Waals surface area contributed by atoms with Crippen molar-refractivity contribution >= 4 is 56.5 Å². The summed E-state index contributed by atoms with van der Waals surface area (Å²) in [6, 6.07) is 19.1. The molecule has 2 N–H and O–H groups in total. The number of benzene rings is 3. The molecule has 3 aromatic rings. The van der Waals surface area contributed by atoms with E-state index in [1.54, 1.807) is 49.4 Å². The third-order valence-corrected chi connectivity index (χ3v) is 6.50. The van der Waals surface area contributed by atoms with E-state index in [0.717, 1.165) is 9.13 Å². The lowest BCUT2D eigenvalue weighted by Crippen LogP contribution is -2.43. The Hall–Kier alpha value is -3.43. The van der Waals surface area contributed by atoms with E-state index in [4.69, 9.17) is 9.47 Å². The summed E-state index contributed by atoms with van der Waals surface area (Å²) >= 11 is 5.45. The average Bonchev–Trinajstić information content (AvgIpc) is 2.88. The summed E-state index contributed by atoms with van der Waals surface area (Å²) in [5.41, 5.74) is 4.86. The van der Waals surface area contributed by atoms with E-state index < -0.39 is 11.9 Å². The number of carbonyl (C=O) groups excluding carboxylic acids is 2. The van der Waals surface area contributed by atoms with Gasteiger partial charge in [-0.3, -0.25) is 9.59 Å². The third-order valence-electron chi connectivity index (χ3n) is 5.01. The van der Waals surface area contributed by atoms with Crippen molar-refractivity contribution in [2.24, 2.45) is 5.10 Å². The molecule has 2 amide bonds. The Balaban J connectivity index is 1.63. The molecule has 1 unspecified atom stereocenters. The topological polar surface area (TPSA) is 113 Å². The second-order valence-corrected chi connectivity index (χ2v) is 9.52. The summed E-state index contributed by atoms with van der Waals surface area (Å²) in [6.45, 7) is 1.78. The molecule has 0 aromatic heterocycles. The second-order valence-electron chi connectivity index (χ2n) is 7.50. The zero-order valence-corrected chi connectivity index (χ0v) is 23.2. The number of halogens is 2. The van der Waals surface area contributed by atoms with Crippen molar-refractivity contribution in [3.8, 4) is 17.6 Å². The highest BCUT2D eigenvalue weighted by atomic mass is 127. The number of hydrogen-bond acceptors (Lipinski definition) is 6. The Morgan fingerprint density at radius 2 is 1.92 bits per heavy atom. The van der Waals surface area contributed by atoms with Crippen LogP contribution >= 0.6 is 38.5 Å². The Morgan fingerprint density at radius 3 is 2.64 bits per heavy atom. The lowest BCUT2D eigenvalue weighted by Gasteiger charge is -2.14. The van der Waals surface area contributed by atoms with Crippen LogP contribution in [0.5, 0.6) is 11.5 Å². The number of methoxy groups -OCH3 is 1. The molecule has 0 spiro atoms. The largest absolute Gasteiger partial charge is 0.493 e. The van der Waals surface area contributed by atoms with Crippen molar-refractivity contribution in [3.05, 3.63) is 91.0 Å². The van der Waals surface area contributed by atoms with Gasteiger partial charge >= 0.3 is 0 Å². The molecule has 1 atom stereocenters. The Labute approximate surface area is 231 Å². The summed E-state index contributed by atoms with van der Waals surface area (Å²) in [4.78, 5) is 24.8. The molecule has 0 aliphatic carbocycles. The van der Waals surface area contributed by atoms with E-state index >= 15 is 0 Å². The van der Waals surface area contributed by atoms with E-state index in [2.05, 4.69) is 60.4 Å². The van der Waals surface area contributed by atoms with Gasteiger partial charge in [-0.2, -0.15) is 10.4 Å². The molecule has 0 bridgehead atoms. The Kier molecular flexibility index (Phi) is 9.84. The molecule has 10 heteroatoms. The molecule has 3 rings (SSSR count). The Morgan fingerprint density at radius 1 is 1.19 bits per heavy atom. The first-order chi connectivity index (χ1) is 17.3. The number of nitriles is 1. The predicted molar refractivity (Wildman–Crippen MR) is 148 cm³/mol. The number of hydrogen-bond donors (Lipinski definition) is 2. The maximum absolute atomic E-state index is 12.4. The number of nitrogens with zero attached hydrogens (tertiary/aromatic N) is 2. The fraction of sp³-hybridized carbons (Fsp3) is 0.154. The standard InChI is InChI=1S/C26H22BrIN4O4/c1-16(31-26(34)20-9-5-6-10-21(20)27)25(33)32-30-14-17-11-22(28)24(23(12-17)35-2)36-15-19-8-4-3-7-18(19)13-29/h3-12,14,16H,15H2,1-2H3,(H,31,34)(H,32,33). The normalized spacial score (nSPS) is 11.4. The van der Waals surface area contributed by atoms with Crippen LogP contribution in [0.25, 0.3) is 0 Å². The van der Waals surface area contributed by atoms with Gasteiger partial charge in [0.2, 0.25) is 0 Å². The molecule has 0 radical (unpaired) electrons. The minimum Gasteiger partial charge on any atom is -0.493 e. The van der Waals surface area contributed by atoms with Crippen LogP contribution in [-0.2, 0) is 11.4 Å². The predicted octanol–water partition coefficient (Wildman–Crippen LogP) is 4.78. The monoisotopic (exact) mass is 660 g/mol. The van der Waals surface area contributed by atoms with Gasteiger partial charge in [-0.1, -0.05) is 30.3 Å². The number of hydrazone groups is 1. The van der Waals surface area contributed by atoms with Gasteiger partial charge in [0.05, 0.1) is 34.1 Å². The summed E-state index contributed by atoms with van der Waals surface area (Å²) < 4.78 is 12.8. The van der Waals surface area contributed by atoms with Gasteiger partial charge in [0.25, 0.3) is 11.8 Å². The van der Waals surface area contributed by atoms with Gasteiger partial charge in [0.15, 0.2) is 11.5 Å². The molecule has 36 heavy (non-hydrogen) atoms. The fourth-order valence-electron chi connectivity index (χ4n) is 3.11. The molecule has 0 aliphatic heterocycles. The minimum absolute atomic E-state index is 0.211. The third kappa shape index (κ3) is 7.05. The number of ether oxygens (including phenoxy) is 2. The minimum atomic E-state index is -0.802. The van der Waals surface area contributed by atoms with Crippen LogP contribution in [0.2, 0.25) is 0 Å². The molecule has 0 fully saturated rings. The van der Waals surface area contributed by atoms with Crippen LogP contribution in [0.3, 0.4) is 0 Å². The van der Waals surface area contributed by atoms with Gasteiger partial charge < -0.3 is 14.8 Å². The molecule has 8 nitrogen and oxygen atoms in total. The summed E-state index contributed by atoms with van der Waals surface area (Å²) in [5, 5.41) is 15.9. The lowest BCUT2D eigenvalue weighted by atomic mass is 10.1. The van der Waals surface area contributed by atoms with E-state index in [0.29, 0.717) is 32.7 Å². The smallest absolute Gasteiger partial charge is 0.262 e. The SMILES string of the molecule is COc1cc(C=NNC(=O)C(C)NC(=O)c2ccccc2Br)cc(I)c1OCc1ccccc1C#N. The lowest BCUT2D eigenvalue weighted by molar-refractivity contribution is -0.122. The van der Waals surface area contributed by atoms with Crippen molar-refractivity contribution in [3.63, 3.8) is 0 Å². The summed E-state index contributed by atoms with van der Waals surface area (Å²) in [6.07, 6.45) is 1.47. The van der Waals surface area contributed by atoms with Gasteiger partial charge in [-0.15, -0.1) is 0 Å². The number of nitrogens with one attached hydrogen (secondary N) is 2. The molecular weight excluding hydrogens is 639 g/mol. The van der Waals surface area contributed by atoms with Crippen LogP contribution in [0.1, 0.15) is 34.0 Å². The zero-order chi connectivity index (χ0) is 26.1. The highest BCUT2D eigenvalue weighted by Gasteiger charge is 2.18. The zero-order valence-electron chi connectivity index (χ0n) is 19.4. The maximum atomic E-state index is 12.4. The van der Waals surface area contributed by atoms with E-state index in [-0.39, 0.29) is 12.5 Å². The molecular formula is C26H22BrIN4O4. The quantitative estimate of drug-likeness (QED) is 0.195. The average molecular weight is 661 g/mol. The maximum Gasteiger partial charge on any atom is 0.262 e. The first kappa shape index (κ1) is 27.2. The molecule has 3 aromatic carbocycles. The van der Waals surface area contributed by atoms with Gasteiger partial charge in [-0.25, -0.2) is 5.43 Å². The molecule has 0 aliphatic rings. The van der Waals surface area contributed by atoms with Crippen molar-refractivity contribution in [2.75, 3.05) is 7.11 Å². The first-order valence-corrected chi connectivity index (χ1v) is 12.6. The van der Waals surface area contributed by atoms with E-state index in [1.807, 2.05) is 18.2 Å². The highest BCUT2D eigenvalue weighted by molar-refractivity contribution is 14.1. The summed E-state index contributed by atoms with van der Waals surface area (Å²) in [7, 11) is 1.53. The molecule has 184 valence electrons. The van der Waals surface area contributed by atoms with Crippen LogP contribution < -0.4 is 20.2 Å². The highest BCUT2D eigenvalue weighted by Crippen LogP contribution is 2.34. The molecule has 0 saturated carbocycles. The number of carbonyl (C=O) groups is 2. The summed E-state index contributed by atoms with van der Waals surface area (Å²) in [5.74, 6) is 0.180. The Bertz CT molecular complexity index is 1340. The van der Waals surface area contributed by atoms with Crippen molar-refractivity contribution in [1.29, 1.82) is 5.26 Å². The van der Waals surface area contributed by atoms with Crippen LogP contribution in [0, 0.1) is 14.9 Å².